The van der Waals surface area contributed by atoms with Crippen molar-refractivity contribution in [2.75, 3.05) is 24.8 Å². The Kier molecular flexibility index (Phi) is 3.55. The van der Waals surface area contributed by atoms with Gasteiger partial charge in [-0.15, -0.1) is 0 Å². The van der Waals surface area contributed by atoms with Crippen molar-refractivity contribution in [3.63, 3.8) is 0 Å². The highest BCUT2D eigenvalue weighted by Crippen LogP contribution is 2.34. The van der Waals surface area contributed by atoms with Crippen LogP contribution in [0.15, 0.2) is 24.5 Å². The van der Waals surface area contributed by atoms with Gasteiger partial charge in [0.15, 0.2) is 11.6 Å². The number of nitrogens with zero attached hydrogens (tertiary/aromatic N) is 3. The molecule has 1 aromatic heterocycles. The summed E-state index contributed by atoms with van der Waals surface area (Å²) < 4.78 is 5.29. The Morgan fingerprint density at radius 2 is 1.95 bits per heavy atom. The molecule has 0 unspecified atom stereocenters. The topological polar surface area (TPSA) is 64.3 Å². The first kappa shape index (κ1) is 13.1. The largest absolute Gasteiger partial charge is 0.490 e. The molecular formula is C14H18N4O. The summed E-state index contributed by atoms with van der Waals surface area (Å²) in [6, 6.07) is 6.25. The number of nitrogens with two attached hydrogens (primary N) is 1. The molecule has 0 spiro atoms. The molecule has 0 amide bonds. The maximum absolute atomic E-state index is 5.81. The molecule has 2 N–H and O–H groups in total. The van der Waals surface area contributed by atoms with Crippen molar-refractivity contribution in [2.45, 2.75) is 13.8 Å². The third-order valence-corrected chi connectivity index (χ3v) is 3.05. The van der Waals surface area contributed by atoms with Gasteiger partial charge in [-0.2, -0.15) is 0 Å². The van der Waals surface area contributed by atoms with Crippen LogP contribution in [-0.2, 0) is 0 Å². The average molecular weight is 258 g/mol. The highest BCUT2D eigenvalue weighted by molar-refractivity contribution is 5.71. The lowest BCUT2D eigenvalue weighted by Gasteiger charge is -2.22. The molecule has 5 nitrogen and oxygen atoms in total. The average Bonchev–Trinajstić information content (AvgIpc) is 2.37. The summed E-state index contributed by atoms with van der Waals surface area (Å²) in [5.41, 5.74) is 9.26. The van der Waals surface area contributed by atoms with Crippen molar-refractivity contribution in [3.8, 4) is 5.75 Å². The maximum atomic E-state index is 5.81. The maximum Gasteiger partial charge on any atom is 0.204 e. The second-order valence-electron chi connectivity index (χ2n) is 4.46. The van der Waals surface area contributed by atoms with Crippen molar-refractivity contribution in [1.82, 2.24) is 9.97 Å². The van der Waals surface area contributed by atoms with Crippen LogP contribution in [0.1, 0.15) is 11.1 Å². The van der Waals surface area contributed by atoms with E-state index in [1.165, 1.54) is 17.5 Å². The van der Waals surface area contributed by atoms with Gasteiger partial charge in [0.2, 0.25) is 5.75 Å². The molecule has 0 saturated heterocycles. The second kappa shape index (κ2) is 5.14. The van der Waals surface area contributed by atoms with Crippen LogP contribution in [0.2, 0.25) is 0 Å². The summed E-state index contributed by atoms with van der Waals surface area (Å²) in [5.74, 6) is 1.48. The monoisotopic (exact) mass is 258 g/mol. The summed E-state index contributed by atoms with van der Waals surface area (Å²) in [4.78, 5) is 10.1. The van der Waals surface area contributed by atoms with Gasteiger partial charge in [-0.3, -0.25) is 0 Å². The van der Waals surface area contributed by atoms with Gasteiger partial charge in [0.1, 0.15) is 6.33 Å². The van der Waals surface area contributed by atoms with Crippen LogP contribution < -0.4 is 15.4 Å². The van der Waals surface area contributed by atoms with Crippen molar-refractivity contribution in [2.24, 2.45) is 0 Å². The van der Waals surface area contributed by atoms with E-state index in [-0.39, 0.29) is 0 Å². The van der Waals surface area contributed by atoms with E-state index in [1.807, 2.05) is 11.9 Å². The quantitative estimate of drug-likeness (QED) is 0.916. The molecule has 0 saturated carbocycles. The molecule has 0 fully saturated rings. The van der Waals surface area contributed by atoms with Gasteiger partial charge in [-0.1, -0.05) is 17.7 Å². The Morgan fingerprint density at radius 1 is 1.21 bits per heavy atom. The number of ether oxygens (including phenoxy) is 1. The zero-order valence-electron chi connectivity index (χ0n) is 11.6. The summed E-state index contributed by atoms with van der Waals surface area (Å²) >= 11 is 0. The minimum absolute atomic E-state index is 0.337. The summed E-state index contributed by atoms with van der Waals surface area (Å²) in [5, 5.41) is 0. The van der Waals surface area contributed by atoms with Crippen LogP contribution in [0, 0.1) is 13.8 Å². The van der Waals surface area contributed by atoms with Crippen LogP contribution >= 0.6 is 0 Å². The van der Waals surface area contributed by atoms with E-state index < -0.39 is 0 Å². The molecule has 100 valence electrons. The van der Waals surface area contributed by atoms with Crippen LogP contribution in [0.4, 0.5) is 17.3 Å². The highest BCUT2D eigenvalue weighted by Gasteiger charge is 2.16. The van der Waals surface area contributed by atoms with Gasteiger partial charge in [-0.25, -0.2) is 9.97 Å². The predicted molar refractivity (Wildman–Crippen MR) is 77.0 cm³/mol. The molecule has 1 aromatic carbocycles. The van der Waals surface area contributed by atoms with E-state index >= 15 is 0 Å². The molecular weight excluding hydrogens is 240 g/mol. The molecule has 19 heavy (non-hydrogen) atoms. The van der Waals surface area contributed by atoms with Crippen molar-refractivity contribution < 1.29 is 4.74 Å². The number of anilines is 3. The lowest BCUT2D eigenvalue weighted by Crippen LogP contribution is -2.15. The number of hydrogen-bond donors (Lipinski definition) is 1. The minimum atomic E-state index is 0.337. The standard InChI is InChI=1S/C14H18N4O/c1-9-5-6-11(10(2)7-9)18(3)14-12(19-4)13(15)16-8-17-14/h5-8H,1-4H3,(H2,15,16,17). The van der Waals surface area contributed by atoms with Gasteiger partial charge in [0, 0.05) is 12.7 Å². The Labute approximate surface area is 113 Å². The van der Waals surface area contributed by atoms with Crippen molar-refractivity contribution in [1.29, 1.82) is 0 Å². The number of aromatic nitrogens is 2. The van der Waals surface area contributed by atoms with Crippen molar-refractivity contribution in [3.05, 3.63) is 35.7 Å². The molecule has 0 aliphatic heterocycles. The first-order valence-corrected chi connectivity index (χ1v) is 6.00. The fourth-order valence-electron chi connectivity index (χ4n) is 2.11. The van der Waals surface area contributed by atoms with E-state index in [2.05, 4.69) is 42.0 Å². The highest BCUT2D eigenvalue weighted by atomic mass is 16.5. The summed E-state index contributed by atoms with van der Waals surface area (Å²) in [7, 11) is 3.50. The molecule has 0 bridgehead atoms. The number of benzene rings is 1. The first-order valence-electron chi connectivity index (χ1n) is 6.00. The van der Waals surface area contributed by atoms with E-state index in [4.69, 9.17) is 10.5 Å². The fraction of sp³-hybridized carbons (Fsp3) is 0.286. The number of methoxy groups -OCH3 is 1. The van der Waals surface area contributed by atoms with E-state index in [0.29, 0.717) is 17.4 Å². The number of rotatable bonds is 3. The zero-order valence-corrected chi connectivity index (χ0v) is 11.6. The Morgan fingerprint density at radius 3 is 2.58 bits per heavy atom. The summed E-state index contributed by atoms with van der Waals surface area (Å²) in [6.45, 7) is 4.13. The molecule has 0 radical (unpaired) electrons. The van der Waals surface area contributed by atoms with Gasteiger partial charge in [0.05, 0.1) is 7.11 Å². The van der Waals surface area contributed by atoms with Gasteiger partial charge < -0.3 is 15.4 Å². The lowest BCUT2D eigenvalue weighted by atomic mass is 10.1. The zero-order chi connectivity index (χ0) is 14.0. The second-order valence-corrected chi connectivity index (χ2v) is 4.46. The Hall–Kier alpha value is -2.30. The number of hydrogen-bond acceptors (Lipinski definition) is 5. The van der Waals surface area contributed by atoms with Crippen molar-refractivity contribution >= 4 is 17.3 Å². The van der Waals surface area contributed by atoms with Crippen LogP contribution in [-0.4, -0.2) is 24.1 Å². The summed E-state index contributed by atoms with van der Waals surface area (Å²) in [6.07, 6.45) is 1.44. The SMILES string of the molecule is COc1c(N)ncnc1N(C)c1ccc(C)cc1C. The molecule has 2 aromatic rings. The normalized spacial score (nSPS) is 10.3. The Balaban J connectivity index is 2.50. The molecule has 5 heteroatoms. The van der Waals surface area contributed by atoms with E-state index in [0.717, 1.165) is 5.69 Å². The van der Waals surface area contributed by atoms with Crippen LogP contribution in [0.25, 0.3) is 0 Å². The van der Waals surface area contributed by atoms with Gasteiger partial charge in [-0.05, 0) is 25.5 Å². The minimum Gasteiger partial charge on any atom is -0.490 e. The molecule has 0 aliphatic carbocycles. The van der Waals surface area contributed by atoms with E-state index in [9.17, 15) is 0 Å². The van der Waals surface area contributed by atoms with Gasteiger partial charge in [0.25, 0.3) is 0 Å². The lowest BCUT2D eigenvalue weighted by molar-refractivity contribution is 0.414. The molecule has 1 heterocycles. The third-order valence-electron chi connectivity index (χ3n) is 3.05. The fourth-order valence-corrected chi connectivity index (χ4v) is 2.11. The van der Waals surface area contributed by atoms with Crippen LogP contribution in [0.5, 0.6) is 5.75 Å². The smallest absolute Gasteiger partial charge is 0.204 e. The van der Waals surface area contributed by atoms with E-state index in [1.54, 1.807) is 7.11 Å². The molecule has 0 aliphatic rings. The number of nitrogen functional groups attached to an aromatic ring is 1. The van der Waals surface area contributed by atoms with Gasteiger partial charge >= 0.3 is 0 Å². The molecule has 2 rings (SSSR count). The number of aryl methyl sites for hydroxylation is 2. The molecule has 0 atom stereocenters. The third kappa shape index (κ3) is 2.45. The first-order chi connectivity index (χ1) is 9.04. The Bertz CT molecular complexity index is 598. The predicted octanol–water partition coefficient (Wildman–Crippen LogP) is 2.45. The van der Waals surface area contributed by atoms with Crippen LogP contribution in [0.3, 0.4) is 0 Å².